The van der Waals surface area contributed by atoms with Crippen molar-refractivity contribution < 1.29 is 9.90 Å². The number of aromatic hydroxyl groups is 1. The van der Waals surface area contributed by atoms with Gasteiger partial charge in [0, 0.05) is 24.7 Å². The fraction of sp³-hybridized carbons (Fsp3) is 0.238. The van der Waals surface area contributed by atoms with Gasteiger partial charge in [-0.1, -0.05) is 31.2 Å². The van der Waals surface area contributed by atoms with Crippen LogP contribution in [0.2, 0.25) is 0 Å². The van der Waals surface area contributed by atoms with E-state index in [0.29, 0.717) is 23.1 Å². The summed E-state index contributed by atoms with van der Waals surface area (Å²) in [5.41, 5.74) is 1.62. The summed E-state index contributed by atoms with van der Waals surface area (Å²) in [5.74, 6) is -0.751. The van der Waals surface area contributed by atoms with Crippen LogP contribution in [0.25, 0.3) is 10.9 Å². The number of para-hydroxylation sites is 1. The molecule has 26 heavy (non-hydrogen) atoms. The van der Waals surface area contributed by atoms with Crippen LogP contribution in [0.3, 0.4) is 0 Å². The predicted molar refractivity (Wildman–Crippen MR) is 104 cm³/mol. The Morgan fingerprint density at radius 2 is 1.81 bits per heavy atom. The van der Waals surface area contributed by atoms with Gasteiger partial charge in [-0.2, -0.15) is 0 Å². The monoisotopic (exact) mass is 350 g/mol. The van der Waals surface area contributed by atoms with Crippen molar-refractivity contribution in [3.63, 3.8) is 0 Å². The largest absolute Gasteiger partial charge is 0.506 e. The molecule has 3 aromatic rings. The summed E-state index contributed by atoms with van der Waals surface area (Å²) in [4.78, 5) is 27.4. The summed E-state index contributed by atoms with van der Waals surface area (Å²) in [6.45, 7) is 4.24. The van der Waals surface area contributed by atoms with E-state index in [1.165, 1.54) is 9.47 Å². The molecule has 5 nitrogen and oxygen atoms in total. The van der Waals surface area contributed by atoms with Crippen LogP contribution in [-0.4, -0.2) is 22.1 Å². The number of fused-ring (bicyclic) bond motifs is 1. The van der Waals surface area contributed by atoms with Gasteiger partial charge in [0.1, 0.15) is 11.3 Å². The Hall–Kier alpha value is -3.08. The van der Waals surface area contributed by atoms with Crippen LogP contribution < -0.4 is 10.5 Å². The van der Waals surface area contributed by atoms with Gasteiger partial charge in [0.2, 0.25) is 0 Å². The van der Waals surface area contributed by atoms with Crippen LogP contribution in [0, 0.1) is 0 Å². The number of carbonyl (C=O) groups excluding carboxylic acids is 1. The summed E-state index contributed by atoms with van der Waals surface area (Å²) in [7, 11) is 1.62. The van der Waals surface area contributed by atoms with Crippen molar-refractivity contribution in [2.75, 3.05) is 11.4 Å². The Balaban J connectivity index is 2.23. The Morgan fingerprint density at radius 3 is 2.42 bits per heavy atom. The number of anilines is 1. The zero-order chi connectivity index (χ0) is 18.8. The first-order valence-electron chi connectivity index (χ1n) is 8.71. The molecule has 0 saturated heterocycles. The first kappa shape index (κ1) is 17.7. The number of aryl methyl sites for hydroxylation is 2. The fourth-order valence-corrected chi connectivity index (χ4v) is 3.18. The summed E-state index contributed by atoms with van der Waals surface area (Å²) in [5, 5.41) is 11.3. The number of nitrogens with zero attached hydrogens (tertiary/aromatic N) is 2. The molecule has 0 fully saturated rings. The van der Waals surface area contributed by atoms with Gasteiger partial charge in [0.05, 0.1) is 5.52 Å². The molecule has 0 radical (unpaired) electrons. The smallest absolute Gasteiger partial charge is 0.267 e. The lowest BCUT2D eigenvalue weighted by molar-refractivity contribution is 0.0984. The minimum absolute atomic E-state index is 0.195. The van der Waals surface area contributed by atoms with E-state index < -0.39 is 11.5 Å². The molecule has 0 unspecified atom stereocenters. The molecular weight excluding hydrogens is 328 g/mol. The molecule has 1 amide bonds. The van der Waals surface area contributed by atoms with E-state index in [0.717, 1.165) is 12.0 Å². The third kappa shape index (κ3) is 2.86. The van der Waals surface area contributed by atoms with E-state index in [9.17, 15) is 14.7 Å². The van der Waals surface area contributed by atoms with Crippen molar-refractivity contribution in [2.24, 2.45) is 7.05 Å². The molecule has 3 rings (SSSR count). The number of aromatic nitrogens is 1. The first-order valence-corrected chi connectivity index (χ1v) is 8.71. The van der Waals surface area contributed by atoms with Crippen LogP contribution in [0.5, 0.6) is 5.75 Å². The number of pyridine rings is 1. The number of benzene rings is 2. The van der Waals surface area contributed by atoms with E-state index in [2.05, 4.69) is 0 Å². The number of hydrogen-bond donors (Lipinski definition) is 1. The Bertz CT molecular complexity index is 1020. The minimum atomic E-state index is -0.501. The molecule has 1 aromatic heterocycles. The molecule has 0 aliphatic carbocycles. The Morgan fingerprint density at radius 1 is 1.12 bits per heavy atom. The lowest BCUT2D eigenvalue weighted by Crippen LogP contribution is -2.36. The van der Waals surface area contributed by atoms with Crippen molar-refractivity contribution in [2.45, 2.75) is 20.3 Å². The maximum Gasteiger partial charge on any atom is 0.267 e. The second kappa shape index (κ2) is 7.04. The van der Waals surface area contributed by atoms with E-state index in [1.807, 2.05) is 44.2 Å². The van der Waals surface area contributed by atoms with Gasteiger partial charge in [-0.25, -0.2) is 0 Å². The van der Waals surface area contributed by atoms with Crippen molar-refractivity contribution in [3.05, 3.63) is 70.0 Å². The molecule has 0 spiro atoms. The van der Waals surface area contributed by atoms with E-state index in [1.54, 1.807) is 25.2 Å². The average Bonchev–Trinajstić information content (AvgIpc) is 2.67. The molecule has 2 aromatic carbocycles. The van der Waals surface area contributed by atoms with Gasteiger partial charge in [0.25, 0.3) is 11.5 Å². The van der Waals surface area contributed by atoms with Crippen molar-refractivity contribution in [3.8, 4) is 5.75 Å². The summed E-state index contributed by atoms with van der Waals surface area (Å²) >= 11 is 0. The highest BCUT2D eigenvalue weighted by Gasteiger charge is 2.25. The minimum Gasteiger partial charge on any atom is -0.506 e. The lowest BCUT2D eigenvalue weighted by Gasteiger charge is -2.22. The second-order valence-electron chi connectivity index (χ2n) is 6.18. The topological polar surface area (TPSA) is 62.5 Å². The van der Waals surface area contributed by atoms with E-state index in [4.69, 9.17) is 0 Å². The number of hydrogen-bond acceptors (Lipinski definition) is 3. The number of carbonyl (C=O) groups is 1. The molecule has 0 aliphatic heterocycles. The lowest BCUT2D eigenvalue weighted by atomic mass is 10.0. The van der Waals surface area contributed by atoms with Gasteiger partial charge < -0.3 is 14.6 Å². The quantitative estimate of drug-likeness (QED) is 0.784. The predicted octanol–water partition coefficient (Wildman–Crippen LogP) is 3.47. The first-order chi connectivity index (χ1) is 12.5. The molecule has 0 atom stereocenters. The van der Waals surface area contributed by atoms with Gasteiger partial charge in [-0.05, 0) is 43.2 Å². The fourth-order valence-electron chi connectivity index (χ4n) is 3.18. The second-order valence-corrected chi connectivity index (χ2v) is 6.18. The molecule has 5 heteroatoms. The zero-order valence-corrected chi connectivity index (χ0v) is 15.2. The normalized spacial score (nSPS) is 10.9. The molecule has 134 valence electrons. The molecule has 0 saturated carbocycles. The number of rotatable bonds is 4. The highest BCUT2D eigenvalue weighted by molar-refractivity contribution is 6.10. The van der Waals surface area contributed by atoms with E-state index >= 15 is 0 Å². The van der Waals surface area contributed by atoms with Gasteiger partial charge >= 0.3 is 0 Å². The Kier molecular flexibility index (Phi) is 4.80. The maximum absolute atomic E-state index is 13.1. The van der Waals surface area contributed by atoms with Crippen LogP contribution in [0.4, 0.5) is 5.69 Å². The van der Waals surface area contributed by atoms with Gasteiger partial charge in [-0.15, -0.1) is 0 Å². The maximum atomic E-state index is 13.1. The summed E-state index contributed by atoms with van der Waals surface area (Å²) in [6.07, 6.45) is 0.798. The molecule has 0 aliphatic rings. The van der Waals surface area contributed by atoms with Crippen LogP contribution >= 0.6 is 0 Å². The van der Waals surface area contributed by atoms with Crippen LogP contribution in [0.1, 0.15) is 29.8 Å². The Labute approximate surface area is 152 Å². The van der Waals surface area contributed by atoms with Gasteiger partial charge in [-0.3, -0.25) is 9.59 Å². The van der Waals surface area contributed by atoms with Crippen molar-refractivity contribution in [1.82, 2.24) is 4.57 Å². The van der Waals surface area contributed by atoms with Crippen LogP contribution in [-0.2, 0) is 13.5 Å². The SMILES string of the molecule is CCc1ccc2c(c1)c(O)c(C(=O)N(CC)c1ccccc1)c(=O)n2C. The average molecular weight is 350 g/mol. The molecule has 1 N–H and O–H groups in total. The van der Waals surface area contributed by atoms with Crippen molar-refractivity contribution >= 4 is 22.5 Å². The molecule has 1 heterocycles. The summed E-state index contributed by atoms with van der Waals surface area (Å²) in [6, 6.07) is 14.7. The standard InChI is InChI=1S/C21H22N2O3/c1-4-14-11-12-17-16(13-14)19(24)18(20(25)22(17)3)21(26)23(5-2)15-9-7-6-8-10-15/h6-13,24H,4-5H2,1-3H3. The highest BCUT2D eigenvalue weighted by Crippen LogP contribution is 2.29. The molecule has 0 bridgehead atoms. The third-order valence-corrected chi connectivity index (χ3v) is 4.68. The summed E-state index contributed by atoms with van der Waals surface area (Å²) < 4.78 is 1.42. The third-order valence-electron chi connectivity index (χ3n) is 4.68. The van der Waals surface area contributed by atoms with Crippen LogP contribution in [0.15, 0.2) is 53.3 Å². The van der Waals surface area contributed by atoms with E-state index in [-0.39, 0.29) is 11.3 Å². The van der Waals surface area contributed by atoms with Gasteiger partial charge in [0.15, 0.2) is 0 Å². The molecular formula is C21H22N2O3. The zero-order valence-electron chi connectivity index (χ0n) is 15.2. The number of amides is 1. The van der Waals surface area contributed by atoms with Crippen molar-refractivity contribution in [1.29, 1.82) is 0 Å². The highest BCUT2D eigenvalue weighted by atomic mass is 16.3.